The van der Waals surface area contributed by atoms with Gasteiger partial charge in [-0.05, 0) is 12.1 Å². The van der Waals surface area contributed by atoms with Gasteiger partial charge in [-0.2, -0.15) is 0 Å². The van der Waals surface area contributed by atoms with Crippen LogP contribution in [0.2, 0.25) is 0 Å². The second kappa shape index (κ2) is 5.74. The maximum absolute atomic E-state index is 11.7. The molecule has 1 aromatic carbocycles. The molecule has 0 fully saturated rings. The lowest BCUT2D eigenvalue weighted by atomic mass is 10.1. The van der Waals surface area contributed by atoms with Crippen molar-refractivity contribution in [2.75, 3.05) is 26.5 Å². The van der Waals surface area contributed by atoms with Crippen molar-refractivity contribution in [2.24, 2.45) is 0 Å². The summed E-state index contributed by atoms with van der Waals surface area (Å²) < 4.78 is 9.79. The molecule has 0 atom stereocenters. The highest BCUT2D eigenvalue weighted by Crippen LogP contribution is 2.24. The molecular formula is C11H14N2O4. The highest BCUT2D eigenvalue weighted by Gasteiger charge is 2.17. The summed E-state index contributed by atoms with van der Waals surface area (Å²) in [7, 11) is 2.87. The zero-order chi connectivity index (χ0) is 12.8. The predicted molar refractivity (Wildman–Crippen MR) is 61.8 cm³/mol. The van der Waals surface area contributed by atoms with Crippen LogP contribution in [0.15, 0.2) is 18.2 Å². The standard InChI is InChI=1S/C11H14N2O4/c1-13-9(14)6-17-11(15)10-7(12)4-3-5-8(10)16-2/h3-5H,6,12H2,1-2H3,(H,13,14). The lowest BCUT2D eigenvalue weighted by Crippen LogP contribution is -2.25. The van der Waals surface area contributed by atoms with E-state index in [9.17, 15) is 9.59 Å². The van der Waals surface area contributed by atoms with Crippen molar-refractivity contribution in [1.29, 1.82) is 0 Å². The van der Waals surface area contributed by atoms with Crippen LogP contribution in [0.5, 0.6) is 5.75 Å². The number of ether oxygens (including phenoxy) is 2. The van der Waals surface area contributed by atoms with Gasteiger partial charge in [-0.25, -0.2) is 4.79 Å². The fraction of sp³-hybridized carbons (Fsp3) is 0.273. The van der Waals surface area contributed by atoms with Gasteiger partial charge in [0.05, 0.1) is 7.11 Å². The average Bonchev–Trinajstić information content (AvgIpc) is 2.34. The molecule has 92 valence electrons. The molecule has 0 aliphatic heterocycles. The Balaban J connectivity index is 2.85. The molecule has 3 N–H and O–H groups in total. The number of esters is 1. The summed E-state index contributed by atoms with van der Waals surface area (Å²) in [4.78, 5) is 22.6. The predicted octanol–water partition coefficient (Wildman–Crippen LogP) is 0.180. The smallest absolute Gasteiger partial charge is 0.344 e. The van der Waals surface area contributed by atoms with E-state index in [0.29, 0.717) is 5.75 Å². The molecule has 1 amide bonds. The van der Waals surface area contributed by atoms with E-state index < -0.39 is 11.9 Å². The highest BCUT2D eigenvalue weighted by atomic mass is 16.5. The molecule has 6 heteroatoms. The van der Waals surface area contributed by atoms with E-state index >= 15 is 0 Å². The summed E-state index contributed by atoms with van der Waals surface area (Å²) in [5.74, 6) is -0.776. The molecule has 0 saturated heterocycles. The number of nitrogens with one attached hydrogen (secondary N) is 1. The Kier molecular flexibility index (Phi) is 4.33. The molecule has 0 aliphatic rings. The molecule has 0 spiro atoms. The Morgan fingerprint density at radius 2 is 2.12 bits per heavy atom. The van der Waals surface area contributed by atoms with Crippen LogP contribution in [-0.4, -0.2) is 32.6 Å². The lowest BCUT2D eigenvalue weighted by Gasteiger charge is -2.10. The quantitative estimate of drug-likeness (QED) is 0.576. The van der Waals surface area contributed by atoms with Crippen molar-refractivity contribution in [3.05, 3.63) is 23.8 Å². The third-order valence-electron chi connectivity index (χ3n) is 2.10. The number of anilines is 1. The average molecular weight is 238 g/mol. The first-order valence-electron chi connectivity index (χ1n) is 4.90. The van der Waals surface area contributed by atoms with E-state index in [1.54, 1.807) is 18.2 Å². The number of carbonyl (C=O) groups is 2. The number of amides is 1. The van der Waals surface area contributed by atoms with E-state index in [-0.39, 0.29) is 17.9 Å². The van der Waals surface area contributed by atoms with E-state index in [1.165, 1.54) is 14.2 Å². The molecule has 0 radical (unpaired) electrons. The van der Waals surface area contributed by atoms with Gasteiger partial charge in [0.2, 0.25) is 0 Å². The molecule has 0 saturated carbocycles. The van der Waals surface area contributed by atoms with Crippen molar-refractivity contribution in [1.82, 2.24) is 5.32 Å². The van der Waals surface area contributed by atoms with Gasteiger partial charge >= 0.3 is 5.97 Å². The van der Waals surface area contributed by atoms with Gasteiger partial charge in [-0.15, -0.1) is 0 Å². The summed E-state index contributed by atoms with van der Waals surface area (Å²) >= 11 is 0. The number of likely N-dealkylation sites (N-methyl/N-ethyl adjacent to an activating group) is 1. The first kappa shape index (κ1) is 12.8. The SMILES string of the molecule is CNC(=O)COC(=O)c1c(N)cccc1OC. The normalized spacial score (nSPS) is 9.53. The van der Waals surface area contributed by atoms with Gasteiger partial charge in [0, 0.05) is 12.7 Å². The maximum atomic E-state index is 11.7. The van der Waals surface area contributed by atoms with Gasteiger partial charge < -0.3 is 20.5 Å². The third-order valence-corrected chi connectivity index (χ3v) is 2.10. The number of methoxy groups -OCH3 is 1. The number of carbonyl (C=O) groups excluding carboxylic acids is 2. The number of nitrogen functional groups attached to an aromatic ring is 1. The van der Waals surface area contributed by atoms with Crippen LogP contribution in [0.25, 0.3) is 0 Å². The minimum absolute atomic E-state index is 0.124. The Labute approximate surface area is 98.7 Å². The minimum Gasteiger partial charge on any atom is -0.496 e. The molecule has 0 aliphatic carbocycles. The number of hydrogen-bond acceptors (Lipinski definition) is 5. The fourth-order valence-electron chi connectivity index (χ4n) is 1.21. The molecule has 0 aromatic heterocycles. The van der Waals surface area contributed by atoms with Crippen LogP contribution in [0.3, 0.4) is 0 Å². The molecule has 1 rings (SSSR count). The molecular weight excluding hydrogens is 224 g/mol. The van der Waals surface area contributed by atoms with Crippen LogP contribution in [-0.2, 0) is 9.53 Å². The van der Waals surface area contributed by atoms with Crippen molar-refractivity contribution >= 4 is 17.6 Å². The molecule has 0 bridgehead atoms. The first-order valence-corrected chi connectivity index (χ1v) is 4.90. The molecule has 0 heterocycles. The molecule has 0 unspecified atom stereocenters. The van der Waals surface area contributed by atoms with Crippen LogP contribution in [0, 0.1) is 0 Å². The Bertz CT molecular complexity index is 431. The van der Waals surface area contributed by atoms with Crippen molar-refractivity contribution in [2.45, 2.75) is 0 Å². The fourth-order valence-corrected chi connectivity index (χ4v) is 1.21. The van der Waals surface area contributed by atoms with Gasteiger partial charge in [0.1, 0.15) is 11.3 Å². The van der Waals surface area contributed by atoms with Crippen LogP contribution in [0.1, 0.15) is 10.4 Å². The second-order valence-corrected chi connectivity index (χ2v) is 3.17. The number of rotatable bonds is 4. The zero-order valence-electron chi connectivity index (χ0n) is 9.65. The zero-order valence-corrected chi connectivity index (χ0v) is 9.65. The van der Waals surface area contributed by atoms with E-state index in [2.05, 4.69) is 5.32 Å². The lowest BCUT2D eigenvalue weighted by molar-refractivity contribution is -0.123. The van der Waals surface area contributed by atoms with Crippen molar-refractivity contribution < 1.29 is 19.1 Å². The summed E-state index contributed by atoms with van der Waals surface area (Å²) in [6, 6.07) is 4.80. The van der Waals surface area contributed by atoms with E-state index in [4.69, 9.17) is 15.2 Å². The van der Waals surface area contributed by atoms with Crippen molar-refractivity contribution in [3.8, 4) is 5.75 Å². The topological polar surface area (TPSA) is 90.7 Å². The second-order valence-electron chi connectivity index (χ2n) is 3.17. The van der Waals surface area contributed by atoms with Gasteiger partial charge in [-0.3, -0.25) is 4.79 Å². The summed E-state index contributed by atoms with van der Waals surface area (Å²) in [6.07, 6.45) is 0. The summed E-state index contributed by atoms with van der Waals surface area (Å²) in [5, 5.41) is 2.34. The Morgan fingerprint density at radius 1 is 1.41 bits per heavy atom. The van der Waals surface area contributed by atoms with Crippen LogP contribution < -0.4 is 15.8 Å². The number of benzene rings is 1. The monoisotopic (exact) mass is 238 g/mol. The minimum atomic E-state index is -0.691. The van der Waals surface area contributed by atoms with Gasteiger partial charge in [0.15, 0.2) is 6.61 Å². The largest absolute Gasteiger partial charge is 0.496 e. The molecule has 6 nitrogen and oxygen atoms in total. The van der Waals surface area contributed by atoms with E-state index in [0.717, 1.165) is 0 Å². The Hall–Kier alpha value is -2.24. The number of hydrogen-bond donors (Lipinski definition) is 2. The first-order chi connectivity index (χ1) is 8.10. The number of nitrogens with two attached hydrogens (primary N) is 1. The Morgan fingerprint density at radius 3 is 2.71 bits per heavy atom. The van der Waals surface area contributed by atoms with E-state index in [1.807, 2.05) is 0 Å². The van der Waals surface area contributed by atoms with Crippen molar-refractivity contribution in [3.63, 3.8) is 0 Å². The van der Waals surface area contributed by atoms with Crippen LogP contribution >= 0.6 is 0 Å². The molecule has 1 aromatic rings. The van der Waals surface area contributed by atoms with Crippen LogP contribution in [0.4, 0.5) is 5.69 Å². The third kappa shape index (κ3) is 3.10. The molecule has 17 heavy (non-hydrogen) atoms. The summed E-state index contributed by atoms with van der Waals surface area (Å²) in [5.41, 5.74) is 6.02. The highest BCUT2D eigenvalue weighted by molar-refractivity contribution is 5.99. The summed E-state index contributed by atoms with van der Waals surface area (Å²) in [6.45, 7) is -0.354. The van der Waals surface area contributed by atoms with Gasteiger partial charge in [0.25, 0.3) is 5.91 Å². The maximum Gasteiger partial charge on any atom is 0.344 e. The van der Waals surface area contributed by atoms with Gasteiger partial charge in [-0.1, -0.05) is 6.07 Å².